The summed E-state index contributed by atoms with van der Waals surface area (Å²) in [7, 11) is 0. The molecule has 0 fully saturated rings. The van der Waals surface area contributed by atoms with Crippen molar-refractivity contribution in [1.29, 1.82) is 0 Å². The number of carboxylic acids is 1. The molecule has 1 unspecified atom stereocenters. The van der Waals surface area contributed by atoms with Gasteiger partial charge >= 0.3 is 12.1 Å². The third-order valence-electron chi connectivity index (χ3n) is 3.09. The Labute approximate surface area is 129 Å². The van der Waals surface area contributed by atoms with Gasteiger partial charge in [0.05, 0.1) is 5.56 Å². The highest BCUT2D eigenvalue weighted by Crippen LogP contribution is 2.30. The number of halogens is 3. The number of aliphatic carboxylic acids is 1. The number of hydrogen-bond acceptors (Lipinski definition) is 3. The van der Waals surface area contributed by atoms with Crippen molar-refractivity contribution in [1.82, 2.24) is 0 Å². The van der Waals surface area contributed by atoms with Crippen LogP contribution in [0.4, 0.5) is 13.2 Å². The molecule has 0 saturated heterocycles. The fraction of sp³-hybridized carbons (Fsp3) is 0.188. The Kier molecular flexibility index (Phi) is 4.78. The number of rotatable bonds is 5. The highest BCUT2D eigenvalue weighted by molar-refractivity contribution is 5.73. The maximum atomic E-state index is 12.5. The van der Waals surface area contributed by atoms with Crippen LogP contribution in [-0.2, 0) is 17.4 Å². The molecule has 0 spiro atoms. The van der Waals surface area contributed by atoms with Gasteiger partial charge in [0.25, 0.3) is 0 Å². The second kappa shape index (κ2) is 6.60. The Balaban J connectivity index is 2.10. The van der Waals surface area contributed by atoms with Crippen LogP contribution >= 0.6 is 0 Å². The first-order chi connectivity index (χ1) is 10.8. The van der Waals surface area contributed by atoms with Crippen molar-refractivity contribution in [3.05, 3.63) is 59.7 Å². The van der Waals surface area contributed by atoms with E-state index in [1.54, 1.807) is 12.1 Å². The summed E-state index contributed by atoms with van der Waals surface area (Å²) in [6, 6.07) is 9.72. The molecule has 0 aliphatic heterocycles. The summed E-state index contributed by atoms with van der Waals surface area (Å²) in [6.07, 6.45) is -5.70. The van der Waals surface area contributed by atoms with E-state index in [9.17, 15) is 28.2 Å². The normalized spacial score (nSPS) is 12.7. The van der Waals surface area contributed by atoms with Crippen molar-refractivity contribution in [2.45, 2.75) is 18.7 Å². The number of carboxylic acid groups (broad SMARTS) is 1. The number of carbonyl (C=O) groups is 1. The van der Waals surface area contributed by atoms with Crippen molar-refractivity contribution in [2.75, 3.05) is 0 Å². The minimum absolute atomic E-state index is 0.0106. The summed E-state index contributed by atoms with van der Waals surface area (Å²) in [5.41, 5.74) is -0.225. The lowest BCUT2D eigenvalue weighted by Crippen LogP contribution is -2.29. The molecule has 23 heavy (non-hydrogen) atoms. The zero-order chi connectivity index (χ0) is 17.0. The summed E-state index contributed by atoms with van der Waals surface area (Å²) >= 11 is 0. The lowest BCUT2D eigenvalue weighted by Gasteiger charge is -2.16. The second-order valence-electron chi connectivity index (χ2n) is 4.84. The maximum Gasteiger partial charge on any atom is 0.416 e. The van der Waals surface area contributed by atoms with Crippen molar-refractivity contribution in [3.8, 4) is 11.5 Å². The summed E-state index contributed by atoms with van der Waals surface area (Å²) < 4.78 is 42.7. The number of phenolic OH excluding ortho intramolecular Hbond substituents is 1. The fourth-order valence-corrected chi connectivity index (χ4v) is 1.91. The molecule has 2 aromatic carbocycles. The molecule has 0 saturated carbocycles. The quantitative estimate of drug-likeness (QED) is 0.883. The topological polar surface area (TPSA) is 66.8 Å². The first-order valence-electron chi connectivity index (χ1n) is 6.60. The van der Waals surface area contributed by atoms with Crippen LogP contribution in [0, 0.1) is 0 Å². The summed E-state index contributed by atoms with van der Waals surface area (Å²) in [5, 5.41) is 18.4. The van der Waals surface area contributed by atoms with Crippen LogP contribution in [-0.4, -0.2) is 22.3 Å². The standard InChI is InChI=1S/C16H13F3O4/c17-16(18,19)11-3-7-13(8-4-11)23-14(15(21)22)9-10-1-5-12(20)6-2-10/h1-8,14,20H,9H2,(H,21,22). The van der Waals surface area contributed by atoms with Crippen LogP contribution < -0.4 is 4.74 Å². The van der Waals surface area contributed by atoms with Gasteiger partial charge in [-0.2, -0.15) is 13.2 Å². The molecule has 0 radical (unpaired) electrons. The Morgan fingerprint density at radius 1 is 1.04 bits per heavy atom. The van der Waals surface area contributed by atoms with Gasteiger partial charge in [-0.25, -0.2) is 4.79 Å². The fourth-order valence-electron chi connectivity index (χ4n) is 1.91. The number of ether oxygens (including phenoxy) is 1. The molecule has 0 aliphatic rings. The van der Waals surface area contributed by atoms with Crippen LogP contribution in [0.5, 0.6) is 11.5 Å². The van der Waals surface area contributed by atoms with Crippen LogP contribution in [0.3, 0.4) is 0 Å². The number of phenols is 1. The first-order valence-corrected chi connectivity index (χ1v) is 6.60. The SMILES string of the molecule is O=C(O)C(Cc1ccc(O)cc1)Oc1ccc(C(F)(F)F)cc1. The lowest BCUT2D eigenvalue weighted by atomic mass is 10.1. The van der Waals surface area contributed by atoms with E-state index in [2.05, 4.69) is 0 Å². The van der Waals surface area contributed by atoms with Gasteiger partial charge in [-0.15, -0.1) is 0 Å². The molecule has 0 aromatic heterocycles. The van der Waals surface area contributed by atoms with Crippen molar-refractivity contribution in [3.63, 3.8) is 0 Å². The zero-order valence-corrected chi connectivity index (χ0v) is 11.7. The average Bonchev–Trinajstić information content (AvgIpc) is 2.48. The van der Waals surface area contributed by atoms with Crippen LogP contribution in [0.25, 0.3) is 0 Å². The smallest absolute Gasteiger partial charge is 0.416 e. The van der Waals surface area contributed by atoms with E-state index in [4.69, 9.17) is 4.74 Å². The monoisotopic (exact) mass is 326 g/mol. The zero-order valence-electron chi connectivity index (χ0n) is 11.7. The molecule has 2 aromatic rings. The van der Waals surface area contributed by atoms with E-state index in [-0.39, 0.29) is 17.9 Å². The molecule has 0 bridgehead atoms. The maximum absolute atomic E-state index is 12.5. The number of hydrogen-bond donors (Lipinski definition) is 2. The lowest BCUT2D eigenvalue weighted by molar-refractivity contribution is -0.145. The first kappa shape index (κ1) is 16.7. The highest BCUT2D eigenvalue weighted by atomic mass is 19.4. The van der Waals surface area contributed by atoms with Gasteiger partial charge in [-0.05, 0) is 42.0 Å². The molecule has 0 amide bonds. The molecular formula is C16H13F3O4. The molecule has 122 valence electrons. The molecular weight excluding hydrogens is 313 g/mol. The Bertz CT molecular complexity index is 663. The molecule has 1 atom stereocenters. The molecule has 2 N–H and O–H groups in total. The third kappa shape index (κ3) is 4.64. The van der Waals surface area contributed by atoms with E-state index < -0.39 is 23.8 Å². The Morgan fingerprint density at radius 3 is 2.09 bits per heavy atom. The number of alkyl halides is 3. The van der Waals surface area contributed by atoms with Crippen LogP contribution in [0.15, 0.2) is 48.5 Å². The predicted octanol–water partition coefficient (Wildman–Crippen LogP) is 3.49. The van der Waals surface area contributed by atoms with Gasteiger partial charge in [0.1, 0.15) is 11.5 Å². The van der Waals surface area contributed by atoms with Crippen molar-refractivity contribution < 1.29 is 32.9 Å². The van der Waals surface area contributed by atoms with Crippen molar-refractivity contribution >= 4 is 5.97 Å². The van der Waals surface area contributed by atoms with E-state index in [1.807, 2.05) is 0 Å². The van der Waals surface area contributed by atoms with Gasteiger partial charge in [0, 0.05) is 6.42 Å². The van der Waals surface area contributed by atoms with Crippen molar-refractivity contribution in [2.24, 2.45) is 0 Å². The molecule has 2 rings (SSSR count). The summed E-state index contributed by atoms with van der Waals surface area (Å²) in [5.74, 6) is -1.16. The number of aromatic hydroxyl groups is 1. The van der Waals surface area contributed by atoms with Crippen LogP contribution in [0.1, 0.15) is 11.1 Å². The van der Waals surface area contributed by atoms with E-state index >= 15 is 0 Å². The Morgan fingerprint density at radius 2 is 1.61 bits per heavy atom. The average molecular weight is 326 g/mol. The highest BCUT2D eigenvalue weighted by Gasteiger charge is 2.30. The third-order valence-corrected chi connectivity index (χ3v) is 3.09. The van der Waals surface area contributed by atoms with Crippen LogP contribution in [0.2, 0.25) is 0 Å². The summed E-state index contributed by atoms with van der Waals surface area (Å²) in [6.45, 7) is 0. The van der Waals surface area contributed by atoms with E-state index in [0.717, 1.165) is 24.3 Å². The van der Waals surface area contributed by atoms with Gasteiger partial charge in [0.15, 0.2) is 6.10 Å². The molecule has 0 heterocycles. The van der Waals surface area contributed by atoms with Gasteiger partial charge in [0.2, 0.25) is 0 Å². The molecule has 4 nitrogen and oxygen atoms in total. The summed E-state index contributed by atoms with van der Waals surface area (Å²) in [4.78, 5) is 11.2. The van der Waals surface area contributed by atoms with Gasteiger partial charge in [-0.3, -0.25) is 0 Å². The molecule has 0 aliphatic carbocycles. The van der Waals surface area contributed by atoms with Gasteiger partial charge < -0.3 is 14.9 Å². The van der Waals surface area contributed by atoms with E-state index in [1.165, 1.54) is 12.1 Å². The van der Waals surface area contributed by atoms with E-state index in [0.29, 0.717) is 5.56 Å². The predicted molar refractivity (Wildman–Crippen MR) is 75.3 cm³/mol. The van der Waals surface area contributed by atoms with Gasteiger partial charge in [-0.1, -0.05) is 12.1 Å². The molecule has 7 heteroatoms. The Hall–Kier alpha value is -2.70. The minimum Gasteiger partial charge on any atom is -0.508 e. The number of benzene rings is 2. The largest absolute Gasteiger partial charge is 0.508 e. The minimum atomic E-state index is -4.46. The second-order valence-corrected chi connectivity index (χ2v) is 4.84.